The third-order valence-corrected chi connectivity index (χ3v) is 5.56. The number of aromatic nitrogens is 1. The Morgan fingerprint density at radius 1 is 1.25 bits per heavy atom. The highest BCUT2D eigenvalue weighted by atomic mass is 19.4. The van der Waals surface area contributed by atoms with Crippen LogP contribution in [0, 0.1) is 5.82 Å². The van der Waals surface area contributed by atoms with Crippen molar-refractivity contribution in [2.75, 3.05) is 13.1 Å². The maximum Gasteiger partial charge on any atom is 0.416 e. The molecule has 2 aromatic carbocycles. The number of hydrogen-bond donors (Lipinski definition) is 2. The fourth-order valence-electron chi connectivity index (χ4n) is 4.17. The van der Waals surface area contributed by atoms with Gasteiger partial charge in [0, 0.05) is 34.9 Å². The Morgan fingerprint density at radius 2 is 2.00 bits per heavy atom. The number of primary amides is 1. The lowest BCUT2D eigenvalue weighted by atomic mass is 9.92. The van der Waals surface area contributed by atoms with Crippen molar-refractivity contribution in [2.45, 2.75) is 19.0 Å². The van der Waals surface area contributed by atoms with Crippen LogP contribution in [0.5, 0.6) is 0 Å². The maximum atomic E-state index is 15.4. The fourth-order valence-corrected chi connectivity index (χ4v) is 4.17. The number of fused-ring (bicyclic) bond motifs is 3. The first kappa shape index (κ1) is 21.6. The third kappa shape index (κ3) is 3.74. The van der Waals surface area contributed by atoms with Gasteiger partial charge in [0.1, 0.15) is 5.82 Å². The van der Waals surface area contributed by atoms with Crippen LogP contribution in [0.2, 0.25) is 0 Å². The number of halogens is 4. The molecule has 166 valence electrons. The number of rotatable bonds is 4. The van der Waals surface area contributed by atoms with Crippen LogP contribution in [-0.2, 0) is 22.2 Å². The van der Waals surface area contributed by atoms with E-state index in [2.05, 4.69) is 11.6 Å². The zero-order valence-corrected chi connectivity index (χ0v) is 16.9. The van der Waals surface area contributed by atoms with Crippen LogP contribution < -0.4 is 5.73 Å². The molecule has 1 aromatic heterocycles. The number of carbonyl (C=O) groups is 2. The second-order valence-electron chi connectivity index (χ2n) is 7.65. The van der Waals surface area contributed by atoms with E-state index in [9.17, 15) is 22.8 Å². The van der Waals surface area contributed by atoms with Gasteiger partial charge in [-0.3, -0.25) is 9.59 Å². The Hall–Kier alpha value is -3.62. The van der Waals surface area contributed by atoms with E-state index in [1.807, 2.05) is 0 Å². The lowest BCUT2D eigenvalue weighted by Gasteiger charge is -2.27. The van der Waals surface area contributed by atoms with E-state index in [4.69, 9.17) is 5.73 Å². The van der Waals surface area contributed by atoms with Gasteiger partial charge in [0.25, 0.3) is 0 Å². The van der Waals surface area contributed by atoms with Gasteiger partial charge in [-0.15, -0.1) is 0 Å². The summed E-state index contributed by atoms with van der Waals surface area (Å²) in [6, 6.07) is 4.33. The highest BCUT2D eigenvalue weighted by Gasteiger charge is 2.31. The van der Waals surface area contributed by atoms with Crippen molar-refractivity contribution >= 4 is 39.2 Å². The molecule has 9 heteroatoms. The van der Waals surface area contributed by atoms with Crippen LogP contribution in [0.3, 0.4) is 0 Å². The van der Waals surface area contributed by atoms with E-state index >= 15 is 4.39 Å². The molecule has 0 spiro atoms. The first-order valence-electron chi connectivity index (χ1n) is 9.83. The van der Waals surface area contributed by atoms with Gasteiger partial charge in [-0.2, -0.15) is 13.2 Å². The Kier molecular flexibility index (Phi) is 5.28. The molecule has 0 unspecified atom stereocenters. The Morgan fingerprint density at radius 3 is 2.66 bits per heavy atom. The Labute approximate surface area is 180 Å². The van der Waals surface area contributed by atoms with E-state index in [0.717, 1.165) is 18.2 Å². The van der Waals surface area contributed by atoms with E-state index in [-0.39, 0.29) is 35.5 Å². The van der Waals surface area contributed by atoms with E-state index in [1.165, 1.54) is 17.0 Å². The van der Waals surface area contributed by atoms with Gasteiger partial charge in [-0.25, -0.2) is 4.39 Å². The summed E-state index contributed by atoms with van der Waals surface area (Å²) in [7, 11) is 0. The van der Waals surface area contributed by atoms with Gasteiger partial charge in [0.15, 0.2) is 0 Å². The smallest absolute Gasteiger partial charge is 0.369 e. The number of carbonyl (C=O) groups excluding carboxylic acids is 2. The van der Waals surface area contributed by atoms with E-state index < -0.39 is 23.5 Å². The van der Waals surface area contributed by atoms with Gasteiger partial charge in [0.2, 0.25) is 11.8 Å². The molecule has 1 aliphatic heterocycles. The van der Waals surface area contributed by atoms with Crippen molar-refractivity contribution in [1.82, 2.24) is 9.88 Å². The van der Waals surface area contributed by atoms with Crippen LogP contribution in [0.1, 0.15) is 23.1 Å². The molecule has 5 nitrogen and oxygen atoms in total. The number of benzene rings is 2. The van der Waals surface area contributed by atoms with Crippen LogP contribution >= 0.6 is 0 Å². The zero-order valence-electron chi connectivity index (χ0n) is 16.9. The predicted molar refractivity (Wildman–Crippen MR) is 113 cm³/mol. The topological polar surface area (TPSA) is 79.2 Å². The predicted octanol–water partition coefficient (Wildman–Crippen LogP) is 4.31. The van der Waals surface area contributed by atoms with Gasteiger partial charge >= 0.3 is 6.18 Å². The fraction of sp³-hybridized carbons (Fsp3) is 0.217. The Bertz CT molecular complexity index is 1300. The minimum Gasteiger partial charge on any atom is -0.369 e. The number of aromatic amines is 1. The molecule has 1 aliphatic rings. The Balaban J connectivity index is 1.99. The molecule has 0 saturated heterocycles. The van der Waals surface area contributed by atoms with Crippen molar-refractivity contribution < 1.29 is 27.2 Å². The molecule has 0 fully saturated rings. The zero-order chi connectivity index (χ0) is 23.2. The van der Waals surface area contributed by atoms with Gasteiger partial charge in [-0.1, -0.05) is 18.7 Å². The molecule has 0 radical (unpaired) electrons. The normalized spacial score (nSPS) is 14.6. The molecule has 0 atom stereocenters. The van der Waals surface area contributed by atoms with Gasteiger partial charge in [-0.05, 0) is 41.8 Å². The van der Waals surface area contributed by atoms with Crippen LogP contribution in [0.15, 0.2) is 43.0 Å². The van der Waals surface area contributed by atoms with E-state index in [0.29, 0.717) is 34.8 Å². The summed E-state index contributed by atoms with van der Waals surface area (Å²) in [4.78, 5) is 28.1. The molecule has 2 heterocycles. The lowest BCUT2D eigenvalue weighted by Crippen LogP contribution is -2.34. The van der Waals surface area contributed by atoms with E-state index in [1.54, 1.807) is 6.08 Å². The highest BCUT2D eigenvalue weighted by molar-refractivity contribution is 6.14. The van der Waals surface area contributed by atoms with Crippen molar-refractivity contribution in [1.29, 1.82) is 0 Å². The lowest BCUT2D eigenvalue weighted by molar-refractivity contribution is -0.137. The number of nitrogens with zero attached hydrogens (tertiary/aromatic N) is 1. The molecule has 4 rings (SSSR count). The molecule has 3 aromatic rings. The molecule has 3 N–H and O–H groups in total. The summed E-state index contributed by atoms with van der Waals surface area (Å²) in [5.41, 5.74) is 5.89. The number of hydrogen-bond acceptors (Lipinski definition) is 2. The maximum absolute atomic E-state index is 15.4. The van der Waals surface area contributed by atoms with Crippen molar-refractivity contribution in [3.8, 4) is 0 Å². The molecule has 2 amide bonds. The second kappa shape index (κ2) is 7.81. The monoisotopic (exact) mass is 445 g/mol. The number of amides is 2. The number of H-pyrrole nitrogens is 1. The van der Waals surface area contributed by atoms with Crippen LogP contribution in [0.25, 0.3) is 27.4 Å². The standard InChI is InChI=1S/C23H19F4N3O2/c1-2-19(32)30-7-3-4-12(11-30)20-16(24)8-13(9-18(28)31)22-21(20)15-6-5-14(23(25,26)27)10-17(15)29-22/h2,4-6,8,10,29H,1,3,7,9,11H2,(H2,28,31). The quantitative estimate of drug-likeness (QED) is 0.464. The SMILES string of the molecule is C=CC(=O)N1CCC=C(c2c(F)cc(CC(N)=O)c3[nH]c4cc(C(F)(F)F)ccc4c23)C1. The first-order valence-corrected chi connectivity index (χ1v) is 9.83. The number of nitrogens with two attached hydrogens (primary N) is 1. The number of alkyl halides is 3. The first-order chi connectivity index (χ1) is 15.1. The second-order valence-corrected chi connectivity index (χ2v) is 7.65. The third-order valence-electron chi connectivity index (χ3n) is 5.56. The minimum atomic E-state index is -4.55. The molecule has 0 bridgehead atoms. The summed E-state index contributed by atoms with van der Waals surface area (Å²) in [6.45, 7) is 4.05. The molecular weight excluding hydrogens is 426 g/mol. The van der Waals surface area contributed by atoms with Gasteiger partial charge < -0.3 is 15.6 Å². The van der Waals surface area contributed by atoms with Crippen molar-refractivity contribution in [3.63, 3.8) is 0 Å². The molecule has 32 heavy (non-hydrogen) atoms. The largest absolute Gasteiger partial charge is 0.416 e. The molecule has 0 aliphatic carbocycles. The summed E-state index contributed by atoms with van der Waals surface area (Å²) in [6.07, 6.45) is -1.37. The van der Waals surface area contributed by atoms with Gasteiger partial charge in [0.05, 0.1) is 17.5 Å². The van der Waals surface area contributed by atoms with Crippen molar-refractivity contribution in [3.05, 3.63) is 65.5 Å². The molecular formula is C23H19F4N3O2. The average molecular weight is 445 g/mol. The van der Waals surface area contributed by atoms with Crippen LogP contribution in [-0.4, -0.2) is 34.8 Å². The minimum absolute atomic E-state index is 0.124. The average Bonchev–Trinajstić information content (AvgIpc) is 3.11. The summed E-state index contributed by atoms with van der Waals surface area (Å²) in [5.74, 6) is -1.65. The summed E-state index contributed by atoms with van der Waals surface area (Å²) < 4.78 is 55.0. The van der Waals surface area contributed by atoms with Crippen LogP contribution in [0.4, 0.5) is 17.6 Å². The highest BCUT2D eigenvalue weighted by Crippen LogP contribution is 2.39. The van der Waals surface area contributed by atoms with Crippen molar-refractivity contribution in [2.24, 2.45) is 5.73 Å². The summed E-state index contributed by atoms with van der Waals surface area (Å²) in [5, 5.41) is 0.727. The molecule has 0 saturated carbocycles. The summed E-state index contributed by atoms with van der Waals surface area (Å²) >= 11 is 0. The number of nitrogens with one attached hydrogen (secondary N) is 1.